The van der Waals surface area contributed by atoms with Crippen LogP contribution in [0.1, 0.15) is 0 Å². The van der Waals surface area contributed by atoms with E-state index >= 15 is 0 Å². The Morgan fingerprint density at radius 1 is 0.630 bits per heavy atom. The fourth-order valence-electron chi connectivity index (χ4n) is 3.51. The molecule has 0 N–H and O–H groups in total. The van der Waals surface area contributed by atoms with Crippen LogP contribution in [0, 0.1) is 0 Å². The van der Waals surface area contributed by atoms with Gasteiger partial charge in [0.1, 0.15) is 0 Å². The molecule has 0 bridgehead atoms. The summed E-state index contributed by atoms with van der Waals surface area (Å²) >= 11 is 5.47. The van der Waals surface area contributed by atoms with Crippen LogP contribution < -0.4 is 4.90 Å². The molecule has 0 aliphatic carbocycles. The molecule has 27 heavy (non-hydrogen) atoms. The fourth-order valence-corrected chi connectivity index (χ4v) is 5.06. The molecule has 3 heteroatoms. The molecule has 0 fully saturated rings. The van der Waals surface area contributed by atoms with Crippen molar-refractivity contribution >= 4 is 64.5 Å². The van der Waals surface area contributed by atoms with Crippen LogP contribution in [-0.4, -0.2) is 0 Å². The Morgan fingerprint density at radius 3 is 1.96 bits per heavy atom. The lowest BCUT2D eigenvalue weighted by Crippen LogP contribution is -2.09. The van der Waals surface area contributed by atoms with Gasteiger partial charge in [0.2, 0.25) is 0 Å². The Labute approximate surface area is 170 Å². The van der Waals surface area contributed by atoms with Gasteiger partial charge in [-0.05, 0) is 48.5 Å². The Balaban J connectivity index is 1.82. The Hall–Kier alpha value is -2.62. The van der Waals surface area contributed by atoms with E-state index in [0.29, 0.717) is 0 Å². The molecule has 0 saturated carbocycles. The summed E-state index contributed by atoms with van der Waals surface area (Å²) in [4.78, 5) is 2.34. The summed E-state index contributed by atoms with van der Waals surface area (Å²) in [5, 5.41) is 2.60. The van der Waals surface area contributed by atoms with Crippen LogP contribution >= 0.6 is 27.3 Å². The summed E-state index contributed by atoms with van der Waals surface area (Å²) in [6, 6.07) is 34.3. The summed E-state index contributed by atoms with van der Waals surface area (Å²) in [6.07, 6.45) is 0. The first-order valence-electron chi connectivity index (χ1n) is 8.82. The van der Waals surface area contributed by atoms with Crippen molar-refractivity contribution in [3.8, 4) is 0 Å². The molecule has 130 valence electrons. The van der Waals surface area contributed by atoms with E-state index in [1.807, 2.05) is 11.3 Å². The molecule has 0 aliphatic heterocycles. The lowest BCUT2D eigenvalue weighted by atomic mass is 10.1. The molecule has 0 amide bonds. The number of halogens is 1. The minimum Gasteiger partial charge on any atom is -0.309 e. The topological polar surface area (TPSA) is 3.24 Å². The lowest BCUT2D eigenvalue weighted by molar-refractivity contribution is 1.30. The Bertz CT molecular complexity index is 1190. The van der Waals surface area contributed by atoms with Gasteiger partial charge < -0.3 is 4.90 Å². The third-order valence-corrected chi connectivity index (χ3v) is 6.41. The molecule has 1 heterocycles. The molecule has 0 unspecified atom stereocenters. The maximum atomic E-state index is 3.62. The van der Waals surface area contributed by atoms with Crippen LogP contribution in [0.15, 0.2) is 102 Å². The molecule has 0 aliphatic rings. The largest absolute Gasteiger partial charge is 0.309 e. The summed E-state index contributed by atoms with van der Waals surface area (Å²) in [5.74, 6) is 0. The average Bonchev–Trinajstić information content (AvgIpc) is 3.09. The van der Waals surface area contributed by atoms with Crippen molar-refractivity contribution in [2.45, 2.75) is 0 Å². The Kier molecular flexibility index (Phi) is 4.19. The summed E-state index contributed by atoms with van der Waals surface area (Å²) < 4.78 is 3.73. The van der Waals surface area contributed by atoms with E-state index in [1.54, 1.807) is 0 Å². The van der Waals surface area contributed by atoms with E-state index in [0.717, 1.165) is 15.8 Å². The minimum atomic E-state index is 1.11. The highest BCUT2D eigenvalue weighted by molar-refractivity contribution is 9.10. The zero-order valence-electron chi connectivity index (χ0n) is 14.5. The highest BCUT2D eigenvalue weighted by Gasteiger charge is 2.17. The monoisotopic (exact) mass is 429 g/mol. The van der Waals surface area contributed by atoms with Crippen LogP contribution in [0.2, 0.25) is 0 Å². The van der Waals surface area contributed by atoms with Crippen molar-refractivity contribution in [3.05, 3.63) is 102 Å². The minimum absolute atomic E-state index is 1.11. The van der Waals surface area contributed by atoms with Gasteiger partial charge in [-0.1, -0.05) is 64.5 Å². The number of hydrogen-bond acceptors (Lipinski definition) is 2. The van der Waals surface area contributed by atoms with Crippen LogP contribution in [0.25, 0.3) is 20.2 Å². The molecule has 5 rings (SSSR count). The van der Waals surface area contributed by atoms with Gasteiger partial charge in [-0.3, -0.25) is 0 Å². The fraction of sp³-hybridized carbons (Fsp3) is 0. The highest BCUT2D eigenvalue weighted by Crippen LogP contribution is 2.44. The number of nitrogens with zero attached hydrogens (tertiary/aromatic N) is 1. The second kappa shape index (κ2) is 6.84. The van der Waals surface area contributed by atoms with Crippen molar-refractivity contribution in [2.24, 2.45) is 0 Å². The number of para-hydroxylation sites is 2. The Morgan fingerprint density at radius 2 is 1.30 bits per heavy atom. The van der Waals surface area contributed by atoms with Gasteiger partial charge in [0.15, 0.2) is 0 Å². The second-order valence-corrected chi connectivity index (χ2v) is 8.37. The third-order valence-electron chi connectivity index (χ3n) is 4.71. The van der Waals surface area contributed by atoms with Gasteiger partial charge in [0.25, 0.3) is 0 Å². The molecule has 0 atom stereocenters. The van der Waals surface area contributed by atoms with E-state index in [2.05, 4.69) is 118 Å². The van der Waals surface area contributed by atoms with Crippen LogP contribution in [0.4, 0.5) is 17.1 Å². The van der Waals surface area contributed by atoms with Crippen LogP contribution in [0.3, 0.4) is 0 Å². The van der Waals surface area contributed by atoms with Gasteiger partial charge in [-0.15, -0.1) is 11.3 Å². The molecule has 0 saturated heterocycles. The first kappa shape index (κ1) is 16.5. The van der Waals surface area contributed by atoms with E-state index in [-0.39, 0.29) is 0 Å². The lowest BCUT2D eigenvalue weighted by Gasteiger charge is -2.25. The number of anilines is 3. The van der Waals surface area contributed by atoms with E-state index in [4.69, 9.17) is 0 Å². The highest BCUT2D eigenvalue weighted by atomic mass is 79.9. The molecule has 4 aromatic carbocycles. The summed E-state index contributed by atoms with van der Waals surface area (Å²) in [5.41, 5.74) is 3.53. The van der Waals surface area contributed by atoms with Gasteiger partial charge in [0.05, 0.1) is 10.4 Å². The van der Waals surface area contributed by atoms with Crippen LogP contribution in [-0.2, 0) is 0 Å². The number of benzene rings is 4. The van der Waals surface area contributed by atoms with Crippen LogP contribution in [0.5, 0.6) is 0 Å². The molecule has 5 aromatic rings. The summed E-state index contributed by atoms with van der Waals surface area (Å²) in [6.45, 7) is 0. The predicted molar refractivity (Wildman–Crippen MR) is 122 cm³/mol. The molecular formula is C24H16BrNS. The number of hydrogen-bond donors (Lipinski definition) is 0. The summed E-state index contributed by atoms with van der Waals surface area (Å²) in [7, 11) is 0. The average molecular weight is 430 g/mol. The molecule has 0 spiro atoms. The molecule has 1 aromatic heterocycles. The SMILES string of the molecule is Brc1ccc2sc3c(N(c4ccccc4)c4ccccc4)cccc3c2c1. The first-order chi connectivity index (χ1) is 13.3. The number of rotatable bonds is 3. The van der Waals surface area contributed by atoms with Crippen molar-refractivity contribution in [1.82, 2.24) is 0 Å². The van der Waals surface area contributed by atoms with Crippen molar-refractivity contribution in [1.29, 1.82) is 0 Å². The zero-order chi connectivity index (χ0) is 18.2. The quantitative estimate of drug-likeness (QED) is 0.278. The predicted octanol–water partition coefficient (Wildman–Crippen LogP) is 8.29. The van der Waals surface area contributed by atoms with Gasteiger partial charge >= 0.3 is 0 Å². The number of thiophene rings is 1. The van der Waals surface area contributed by atoms with E-state index in [1.165, 1.54) is 25.9 Å². The molecule has 0 radical (unpaired) electrons. The molecular weight excluding hydrogens is 414 g/mol. The van der Waals surface area contributed by atoms with E-state index in [9.17, 15) is 0 Å². The van der Waals surface area contributed by atoms with Gasteiger partial charge in [-0.2, -0.15) is 0 Å². The van der Waals surface area contributed by atoms with Gasteiger partial charge in [0, 0.05) is 31.3 Å². The van der Waals surface area contributed by atoms with E-state index < -0.39 is 0 Å². The zero-order valence-corrected chi connectivity index (χ0v) is 16.9. The first-order valence-corrected chi connectivity index (χ1v) is 10.4. The van der Waals surface area contributed by atoms with Crippen molar-refractivity contribution in [3.63, 3.8) is 0 Å². The van der Waals surface area contributed by atoms with Crippen molar-refractivity contribution < 1.29 is 0 Å². The smallest absolute Gasteiger partial charge is 0.0640 e. The molecule has 1 nitrogen and oxygen atoms in total. The third kappa shape index (κ3) is 2.93. The number of fused-ring (bicyclic) bond motifs is 3. The second-order valence-electron chi connectivity index (χ2n) is 6.40. The normalized spacial score (nSPS) is 11.1. The maximum absolute atomic E-state index is 3.62. The maximum Gasteiger partial charge on any atom is 0.0640 e. The standard InChI is InChI=1S/C24H16BrNS/c25-17-14-15-23-21(16-17)20-12-7-13-22(24(20)27-23)26(18-8-3-1-4-9-18)19-10-5-2-6-11-19/h1-16H. The van der Waals surface area contributed by atoms with Gasteiger partial charge in [-0.25, -0.2) is 0 Å². The van der Waals surface area contributed by atoms with Crippen molar-refractivity contribution in [2.75, 3.05) is 4.90 Å².